The van der Waals surface area contributed by atoms with E-state index in [1.54, 1.807) is 7.11 Å². The third-order valence-electron chi connectivity index (χ3n) is 5.99. The van der Waals surface area contributed by atoms with E-state index >= 15 is 0 Å². The molecule has 4 aliphatic carbocycles. The lowest BCUT2D eigenvalue weighted by molar-refractivity contribution is -0.0967. The van der Waals surface area contributed by atoms with Crippen LogP contribution < -0.4 is 0 Å². The molecule has 0 saturated heterocycles. The van der Waals surface area contributed by atoms with Crippen LogP contribution in [0.25, 0.3) is 0 Å². The Labute approximate surface area is 123 Å². The first kappa shape index (κ1) is 13.3. The van der Waals surface area contributed by atoms with E-state index in [1.807, 2.05) is 0 Å². The highest BCUT2D eigenvalue weighted by Gasteiger charge is 2.53. The van der Waals surface area contributed by atoms with Crippen molar-refractivity contribution in [2.24, 2.45) is 0 Å². The second kappa shape index (κ2) is 4.32. The van der Waals surface area contributed by atoms with Gasteiger partial charge in [-0.3, -0.25) is 0 Å². The standard InChI is InChI=1S/C16H21NO4/c1-20-16-7-4-15(5-8-16,6-9-16)13-11(14(18)19)12(21-17-13)10-2-3-10/h10H,2-9H2,1H3,(H,18,19). The van der Waals surface area contributed by atoms with Gasteiger partial charge in [-0.25, -0.2) is 4.79 Å². The molecule has 4 fully saturated rings. The highest BCUT2D eigenvalue weighted by atomic mass is 16.5. The first-order valence-electron chi connectivity index (χ1n) is 7.88. The van der Waals surface area contributed by atoms with Gasteiger partial charge in [0.1, 0.15) is 11.3 Å². The summed E-state index contributed by atoms with van der Waals surface area (Å²) in [4.78, 5) is 11.7. The normalized spacial score (nSPS) is 35.1. The summed E-state index contributed by atoms with van der Waals surface area (Å²) in [6.07, 6.45) is 7.90. The minimum atomic E-state index is -0.878. The predicted molar refractivity (Wildman–Crippen MR) is 74.6 cm³/mol. The van der Waals surface area contributed by atoms with E-state index < -0.39 is 5.97 Å². The second-order valence-electron chi connectivity index (χ2n) is 7.02. The summed E-state index contributed by atoms with van der Waals surface area (Å²) < 4.78 is 11.2. The minimum Gasteiger partial charge on any atom is -0.477 e. The Balaban J connectivity index is 1.72. The van der Waals surface area contributed by atoms with Gasteiger partial charge in [-0.1, -0.05) is 5.16 Å². The summed E-state index contributed by atoms with van der Waals surface area (Å²) in [7, 11) is 1.79. The number of carboxylic acids is 1. The molecule has 0 spiro atoms. The molecule has 0 aliphatic heterocycles. The van der Waals surface area contributed by atoms with E-state index in [2.05, 4.69) is 5.16 Å². The Bertz CT molecular complexity index is 563. The van der Waals surface area contributed by atoms with E-state index in [4.69, 9.17) is 9.26 Å². The number of aromatic nitrogens is 1. The molecule has 1 heterocycles. The molecule has 5 nitrogen and oxygen atoms in total. The lowest BCUT2D eigenvalue weighted by atomic mass is 9.57. The molecule has 1 aromatic rings. The van der Waals surface area contributed by atoms with Crippen molar-refractivity contribution in [3.63, 3.8) is 0 Å². The average Bonchev–Trinajstić information content (AvgIpc) is 3.26. The molecule has 2 bridgehead atoms. The van der Waals surface area contributed by atoms with Crippen LogP contribution in [0.3, 0.4) is 0 Å². The van der Waals surface area contributed by atoms with Gasteiger partial charge in [-0.05, 0) is 51.4 Å². The number of rotatable bonds is 4. The SMILES string of the molecule is COC12CCC(c3noc(C4CC4)c3C(=O)O)(CC1)CC2. The van der Waals surface area contributed by atoms with Crippen molar-refractivity contribution in [3.05, 3.63) is 17.0 Å². The van der Waals surface area contributed by atoms with E-state index in [9.17, 15) is 9.90 Å². The Kier molecular flexibility index (Phi) is 2.74. The Morgan fingerprint density at radius 2 is 1.86 bits per heavy atom. The van der Waals surface area contributed by atoms with Crippen LogP contribution >= 0.6 is 0 Å². The van der Waals surface area contributed by atoms with Gasteiger partial charge in [0, 0.05) is 18.4 Å². The van der Waals surface area contributed by atoms with E-state index in [1.165, 1.54) is 0 Å². The molecular weight excluding hydrogens is 270 g/mol. The van der Waals surface area contributed by atoms with Gasteiger partial charge >= 0.3 is 5.97 Å². The molecule has 21 heavy (non-hydrogen) atoms. The van der Waals surface area contributed by atoms with E-state index in [-0.39, 0.29) is 16.9 Å². The molecule has 0 unspecified atom stereocenters. The number of carboxylic acid groups (broad SMARTS) is 1. The van der Waals surface area contributed by atoms with Gasteiger partial charge in [0.25, 0.3) is 0 Å². The van der Waals surface area contributed by atoms with Crippen molar-refractivity contribution in [2.45, 2.75) is 68.3 Å². The van der Waals surface area contributed by atoms with Crippen LogP contribution in [0.5, 0.6) is 0 Å². The molecule has 4 saturated carbocycles. The Morgan fingerprint density at radius 1 is 1.24 bits per heavy atom. The highest BCUT2D eigenvalue weighted by molar-refractivity contribution is 5.90. The summed E-state index contributed by atoms with van der Waals surface area (Å²) in [6, 6.07) is 0. The maximum absolute atomic E-state index is 11.7. The van der Waals surface area contributed by atoms with Crippen LogP contribution in [0.2, 0.25) is 0 Å². The van der Waals surface area contributed by atoms with Crippen molar-refractivity contribution in [2.75, 3.05) is 7.11 Å². The molecule has 0 radical (unpaired) electrons. The minimum absolute atomic E-state index is 0.0220. The van der Waals surface area contributed by atoms with Crippen LogP contribution in [0.1, 0.15) is 79.1 Å². The topological polar surface area (TPSA) is 72.6 Å². The molecule has 1 aromatic heterocycles. The number of methoxy groups -OCH3 is 1. The average molecular weight is 291 g/mol. The van der Waals surface area contributed by atoms with Crippen LogP contribution in [0, 0.1) is 0 Å². The van der Waals surface area contributed by atoms with Crippen LogP contribution in [0.15, 0.2) is 4.52 Å². The molecule has 5 heteroatoms. The molecule has 0 atom stereocenters. The maximum Gasteiger partial charge on any atom is 0.341 e. The summed E-state index contributed by atoms with van der Waals surface area (Å²) in [5.41, 5.74) is 0.990. The van der Waals surface area contributed by atoms with Crippen molar-refractivity contribution >= 4 is 5.97 Å². The number of nitrogens with zero attached hydrogens (tertiary/aromatic N) is 1. The molecular formula is C16H21NO4. The molecule has 0 amide bonds. The number of ether oxygens (including phenoxy) is 1. The fourth-order valence-electron chi connectivity index (χ4n) is 4.31. The van der Waals surface area contributed by atoms with Crippen LogP contribution in [0.4, 0.5) is 0 Å². The van der Waals surface area contributed by atoms with Crippen molar-refractivity contribution in [1.82, 2.24) is 5.16 Å². The largest absolute Gasteiger partial charge is 0.477 e. The fraction of sp³-hybridized carbons (Fsp3) is 0.750. The van der Waals surface area contributed by atoms with Crippen molar-refractivity contribution in [1.29, 1.82) is 0 Å². The predicted octanol–water partition coefficient (Wildman–Crippen LogP) is 3.24. The molecule has 5 rings (SSSR count). The third kappa shape index (κ3) is 1.86. The molecule has 4 aliphatic rings. The van der Waals surface area contributed by atoms with Gasteiger partial charge in [0.05, 0.1) is 5.60 Å². The molecule has 1 N–H and O–H groups in total. The summed E-state index contributed by atoms with van der Waals surface area (Å²) in [6.45, 7) is 0. The quantitative estimate of drug-likeness (QED) is 0.922. The maximum atomic E-state index is 11.7. The zero-order valence-corrected chi connectivity index (χ0v) is 12.4. The van der Waals surface area contributed by atoms with Gasteiger partial charge in [-0.2, -0.15) is 0 Å². The van der Waals surface area contributed by atoms with Gasteiger partial charge in [-0.15, -0.1) is 0 Å². The third-order valence-corrected chi connectivity index (χ3v) is 5.99. The van der Waals surface area contributed by atoms with Crippen LogP contribution in [-0.2, 0) is 10.2 Å². The summed E-state index contributed by atoms with van der Waals surface area (Å²) >= 11 is 0. The molecule has 114 valence electrons. The summed E-state index contributed by atoms with van der Waals surface area (Å²) in [5, 5.41) is 13.9. The van der Waals surface area contributed by atoms with E-state index in [0.717, 1.165) is 51.4 Å². The van der Waals surface area contributed by atoms with E-state index in [0.29, 0.717) is 17.0 Å². The number of carbonyl (C=O) groups is 1. The zero-order chi connectivity index (χ0) is 14.7. The van der Waals surface area contributed by atoms with Crippen molar-refractivity contribution in [3.8, 4) is 0 Å². The smallest absolute Gasteiger partial charge is 0.341 e. The number of aromatic carboxylic acids is 1. The first-order valence-corrected chi connectivity index (χ1v) is 7.88. The Hall–Kier alpha value is -1.36. The zero-order valence-electron chi connectivity index (χ0n) is 12.4. The molecule has 0 aromatic carbocycles. The monoisotopic (exact) mass is 291 g/mol. The number of fused-ring (bicyclic) bond motifs is 3. The van der Waals surface area contributed by atoms with Crippen LogP contribution in [-0.4, -0.2) is 28.9 Å². The number of hydrogen-bond acceptors (Lipinski definition) is 4. The first-order chi connectivity index (χ1) is 10.1. The number of hydrogen-bond donors (Lipinski definition) is 1. The Morgan fingerprint density at radius 3 is 2.33 bits per heavy atom. The lowest BCUT2D eigenvalue weighted by Crippen LogP contribution is -2.49. The fourth-order valence-corrected chi connectivity index (χ4v) is 4.31. The van der Waals surface area contributed by atoms with Gasteiger partial charge in [0.2, 0.25) is 0 Å². The lowest BCUT2D eigenvalue weighted by Gasteiger charge is -2.51. The second-order valence-corrected chi connectivity index (χ2v) is 7.02. The van der Waals surface area contributed by atoms with Gasteiger partial charge in [0.15, 0.2) is 5.76 Å². The van der Waals surface area contributed by atoms with Gasteiger partial charge < -0.3 is 14.4 Å². The van der Waals surface area contributed by atoms with Crippen molar-refractivity contribution < 1.29 is 19.2 Å². The highest BCUT2D eigenvalue weighted by Crippen LogP contribution is 2.56. The summed E-state index contributed by atoms with van der Waals surface area (Å²) in [5.74, 6) is 0.0108.